The van der Waals surface area contributed by atoms with Gasteiger partial charge in [-0.15, -0.1) is 0 Å². The summed E-state index contributed by atoms with van der Waals surface area (Å²) in [7, 11) is 0. The summed E-state index contributed by atoms with van der Waals surface area (Å²) in [5.74, 6) is 0.655. The highest BCUT2D eigenvalue weighted by Crippen LogP contribution is 2.02. The third-order valence-electron chi connectivity index (χ3n) is 1.26. The van der Waals surface area contributed by atoms with Gasteiger partial charge in [0, 0.05) is 0 Å². The van der Waals surface area contributed by atoms with E-state index in [9.17, 15) is 9.59 Å². The molecule has 1 rings (SSSR count). The lowest BCUT2D eigenvalue weighted by Crippen LogP contribution is -1.69. The van der Waals surface area contributed by atoms with E-state index >= 15 is 0 Å². The Bertz CT molecular complexity index is 283. The molecular weight excluding hydrogens is 240 g/mol. The van der Waals surface area contributed by atoms with Gasteiger partial charge in [-0.3, -0.25) is 0 Å². The molecule has 0 atom stereocenters. The quantitative estimate of drug-likeness (QED) is 0.821. The minimum Gasteiger partial charge on any atom is -0.508 e. The molecule has 1 N–H and O–H groups in total. The molecule has 0 spiro atoms. The molecule has 1 aromatic rings. The van der Waals surface area contributed by atoms with E-state index in [1.54, 1.807) is 24.3 Å². The fourth-order valence-electron chi connectivity index (χ4n) is 0.428. The van der Waals surface area contributed by atoms with Crippen molar-refractivity contribution in [3.8, 4) is 5.75 Å². The van der Waals surface area contributed by atoms with Gasteiger partial charge in [0.2, 0.25) is 0 Å². The normalized spacial score (nSPS) is 7.47. The summed E-state index contributed by atoms with van der Waals surface area (Å²) >= 11 is 0. The molecule has 110 valence electrons. The van der Waals surface area contributed by atoms with E-state index < -0.39 is 0 Å². The highest BCUT2D eigenvalue weighted by molar-refractivity contribution is 5.72. The Morgan fingerprint density at radius 3 is 1.21 bits per heavy atom. The van der Waals surface area contributed by atoms with Gasteiger partial charge in [-0.2, -0.15) is 0 Å². The van der Waals surface area contributed by atoms with E-state index in [-0.39, 0.29) is 11.6 Å². The van der Waals surface area contributed by atoms with Crippen LogP contribution in [0.3, 0.4) is 0 Å². The number of para-hydroxylation sites is 1. The Balaban J connectivity index is -0.000000189. The second-order valence-electron chi connectivity index (χ2n) is 4.15. The predicted octanol–water partition coefficient (Wildman–Crippen LogP) is 4.39. The maximum absolute atomic E-state index is 9.44. The summed E-state index contributed by atoms with van der Waals surface area (Å²) < 4.78 is 0. The molecule has 1 aromatic carbocycles. The molecule has 0 bridgehead atoms. The zero-order valence-corrected chi connectivity index (χ0v) is 13.1. The van der Waals surface area contributed by atoms with Crippen LogP contribution < -0.4 is 0 Å². The summed E-state index contributed by atoms with van der Waals surface area (Å²) in [5, 5.41) is 8.63. The topological polar surface area (TPSA) is 54.4 Å². The number of rotatable bonds is 1. The van der Waals surface area contributed by atoms with Gasteiger partial charge in [-0.05, 0) is 39.8 Å². The van der Waals surface area contributed by atoms with E-state index in [2.05, 4.69) is 13.8 Å². The Morgan fingerprint density at radius 1 is 0.842 bits per heavy atom. The van der Waals surface area contributed by atoms with Crippen LogP contribution in [-0.4, -0.2) is 16.7 Å². The van der Waals surface area contributed by atoms with E-state index in [1.165, 1.54) is 40.5 Å². The summed E-state index contributed by atoms with van der Waals surface area (Å²) in [4.78, 5) is 18.9. The molecule has 0 heterocycles. The van der Waals surface area contributed by atoms with E-state index in [1.807, 2.05) is 6.07 Å². The molecule has 0 fully saturated rings. The number of Topliss-reactive ketones (excluding diaryl/α,β-unsaturated/α-hetero) is 2. The van der Waals surface area contributed by atoms with Crippen molar-refractivity contribution in [2.24, 2.45) is 0 Å². The van der Waals surface area contributed by atoms with Crippen molar-refractivity contribution < 1.29 is 14.7 Å². The third kappa shape index (κ3) is 62.3. The fraction of sp³-hybridized carbons (Fsp3) is 0.500. The first-order valence-corrected chi connectivity index (χ1v) is 6.46. The molecule has 0 amide bonds. The van der Waals surface area contributed by atoms with Crippen LogP contribution in [0.4, 0.5) is 0 Å². The number of phenols is 1. The summed E-state index contributed by atoms with van der Waals surface area (Å²) in [6, 6.07) is 8.71. The second kappa shape index (κ2) is 18.7. The van der Waals surface area contributed by atoms with Crippen molar-refractivity contribution >= 4 is 11.6 Å². The molecule has 0 saturated heterocycles. The largest absolute Gasteiger partial charge is 0.508 e. The predicted molar refractivity (Wildman–Crippen MR) is 81.4 cm³/mol. The van der Waals surface area contributed by atoms with Gasteiger partial charge in [-0.1, -0.05) is 44.9 Å². The van der Waals surface area contributed by atoms with Crippen molar-refractivity contribution in [2.45, 2.75) is 54.4 Å². The van der Waals surface area contributed by atoms with Crippen molar-refractivity contribution in [2.75, 3.05) is 0 Å². The Kier molecular flexibility index (Phi) is 22.2. The lowest BCUT2D eigenvalue weighted by atomic mass is 10.3. The van der Waals surface area contributed by atoms with Crippen molar-refractivity contribution in [1.82, 2.24) is 0 Å². The maximum atomic E-state index is 9.44. The molecule has 0 saturated carbocycles. The molecule has 3 nitrogen and oxygen atoms in total. The molecule has 0 aromatic heterocycles. The lowest BCUT2D eigenvalue weighted by Gasteiger charge is -1.82. The number of hydrogen-bond donors (Lipinski definition) is 1. The first-order chi connectivity index (χ1) is 8.77. The zero-order chi connectivity index (χ0) is 15.7. The van der Waals surface area contributed by atoms with Gasteiger partial charge in [-0.25, -0.2) is 0 Å². The maximum Gasteiger partial charge on any atom is 0.126 e. The average Bonchev–Trinajstić information content (AvgIpc) is 2.29. The average molecular weight is 268 g/mol. The smallest absolute Gasteiger partial charge is 0.126 e. The van der Waals surface area contributed by atoms with Gasteiger partial charge in [0.05, 0.1) is 0 Å². The number of carbonyl (C=O) groups excluding carboxylic acids is 2. The van der Waals surface area contributed by atoms with Crippen molar-refractivity contribution in [3.63, 3.8) is 0 Å². The summed E-state index contributed by atoms with van der Waals surface area (Å²) in [5.41, 5.74) is 0. The number of carbonyl (C=O) groups is 2. The monoisotopic (exact) mass is 268 g/mol. The summed E-state index contributed by atoms with van der Waals surface area (Å²) in [6.07, 6.45) is 2.64. The Hall–Kier alpha value is -1.64. The van der Waals surface area contributed by atoms with Gasteiger partial charge in [0.15, 0.2) is 0 Å². The molecule has 0 aliphatic carbocycles. The van der Waals surface area contributed by atoms with Crippen molar-refractivity contribution in [1.29, 1.82) is 0 Å². The molecular formula is C16H28O3. The van der Waals surface area contributed by atoms with Gasteiger partial charge >= 0.3 is 0 Å². The van der Waals surface area contributed by atoms with Crippen LogP contribution in [0.5, 0.6) is 5.75 Å². The van der Waals surface area contributed by atoms with Gasteiger partial charge < -0.3 is 14.7 Å². The van der Waals surface area contributed by atoms with Crippen LogP contribution in [0.15, 0.2) is 30.3 Å². The van der Waals surface area contributed by atoms with E-state index in [0.717, 1.165) is 0 Å². The SMILES string of the molecule is CC(C)=O.CC(C)=O.CCCC.Oc1ccccc1. The highest BCUT2D eigenvalue weighted by atomic mass is 16.3. The van der Waals surface area contributed by atoms with Crippen LogP contribution in [0, 0.1) is 0 Å². The van der Waals surface area contributed by atoms with Crippen LogP contribution in [0.25, 0.3) is 0 Å². The van der Waals surface area contributed by atoms with Crippen LogP contribution in [0.2, 0.25) is 0 Å². The molecule has 0 unspecified atom stereocenters. The number of phenolic OH excluding ortho intramolecular Hbond substituents is 1. The van der Waals surface area contributed by atoms with E-state index in [0.29, 0.717) is 5.75 Å². The Morgan fingerprint density at radius 2 is 1.11 bits per heavy atom. The number of hydrogen-bond acceptors (Lipinski definition) is 3. The molecule has 3 heteroatoms. The first-order valence-electron chi connectivity index (χ1n) is 6.46. The lowest BCUT2D eigenvalue weighted by molar-refractivity contribution is -0.115. The minimum absolute atomic E-state index is 0.167. The first kappa shape index (κ1) is 22.5. The second-order valence-corrected chi connectivity index (χ2v) is 4.15. The standard InChI is InChI=1S/C6H6O.C4H10.2C3H6O/c7-6-4-2-1-3-5-6;1-3-4-2;2*1-3(2)4/h1-5,7H;3-4H2,1-2H3;2*1-2H3. The third-order valence-corrected chi connectivity index (χ3v) is 1.26. The number of benzene rings is 1. The molecule has 0 radical (unpaired) electrons. The molecule has 19 heavy (non-hydrogen) atoms. The van der Waals surface area contributed by atoms with Crippen LogP contribution >= 0.6 is 0 Å². The Labute approximate surface area is 117 Å². The van der Waals surface area contributed by atoms with E-state index in [4.69, 9.17) is 5.11 Å². The highest BCUT2D eigenvalue weighted by Gasteiger charge is 1.74. The number of ketones is 2. The molecule has 0 aliphatic heterocycles. The van der Waals surface area contributed by atoms with Gasteiger partial charge in [0.1, 0.15) is 17.3 Å². The number of aromatic hydroxyl groups is 1. The minimum atomic E-state index is 0.167. The molecule has 0 aliphatic rings. The van der Waals surface area contributed by atoms with Gasteiger partial charge in [0.25, 0.3) is 0 Å². The zero-order valence-electron chi connectivity index (χ0n) is 13.1. The van der Waals surface area contributed by atoms with Crippen LogP contribution in [-0.2, 0) is 9.59 Å². The van der Waals surface area contributed by atoms with Crippen molar-refractivity contribution in [3.05, 3.63) is 30.3 Å². The number of unbranched alkanes of at least 4 members (excludes halogenated alkanes) is 1. The summed E-state index contributed by atoms with van der Waals surface area (Å²) in [6.45, 7) is 10.5. The van der Waals surface area contributed by atoms with Crippen LogP contribution in [0.1, 0.15) is 54.4 Å². The fourth-order valence-corrected chi connectivity index (χ4v) is 0.428.